The normalized spacial score (nSPS) is 20.5. The summed E-state index contributed by atoms with van der Waals surface area (Å²) in [5.41, 5.74) is 1.16. The highest BCUT2D eigenvalue weighted by molar-refractivity contribution is 5.02. The van der Waals surface area contributed by atoms with Gasteiger partial charge >= 0.3 is 0 Å². The Morgan fingerprint density at radius 1 is 1.50 bits per heavy atom. The molecule has 1 N–H and O–H groups in total. The summed E-state index contributed by atoms with van der Waals surface area (Å²) in [5.74, 6) is 0.881. The van der Waals surface area contributed by atoms with E-state index in [1.54, 1.807) is 0 Å². The number of rotatable bonds is 5. The average molecular weight is 219 g/mol. The van der Waals surface area contributed by atoms with Gasteiger partial charge in [-0.15, -0.1) is 0 Å². The van der Waals surface area contributed by atoms with Crippen molar-refractivity contribution in [2.75, 3.05) is 26.7 Å². The Morgan fingerprint density at radius 3 is 3.12 bits per heavy atom. The van der Waals surface area contributed by atoms with Gasteiger partial charge in [-0.1, -0.05) is 6.07 Å². The first-order valence-electron chi connectivity index (χ1n) is 6.14. The van der Waals surface area contributed by atoms with Crippen LogP contribution in [0.4, 0.5) is 0 Å². The zero-order valence-electron chi connectivity index (χ0n) is 10.0. The van der Waals surface area contributed by atoms with Gasteiger partial charge in [-0.05, 0) is 57.6 Å². The van der Waals surface area contributed by atoms with Crippen molar-refractivity contribution in [1.82, 2.24) is 15.2 Å². The smallest absolute Gasteiger partial charge is 0.0543 e. The standard InChI is InChI=1S/C13H21N3/c1-16(9-6-12-5-8-14-10-12)11-13-4-2-3-7-15-13/h2-4,7,12,14H,5-6,8-11H2,1H3. The Bertz CT molecular complexity index is 293. The molecule has 1 unspecified atom stereocenters. The molecule has 1 aromatic heterocycles. The summed E-state index contributed by atoms with van der Waals surface area (Å²) in [6.07, 6.45) is 4.51. The van der Waals surface area contributed by atoms with Crippen LogP contribution in [0.3, 0.4) is 0 Å². The van der Waals surface area contributed by atoms with Crippen LogP contribution in [0.2, 0.25) is 0 Å². The summed E-state index contributed by atoms with van der Waals surface area (Å²) in [4.78, 5) is 6.71. The zero-order chi connectivity index (χ0) is 11.2. The third-order valence-electron chi connectivity index (χ3n) is 3.24. The van der Waals surface area contributed by atoms with E-state index >= 15 is 0 Å². The van der Waals surface area contributed by atoms with Crippen molar-refractivity contribution >= 4 is 0 Å². The van der Waals surface area contributed by atoms with Gasteiger partial charge in [0.2, 0.25) is 0 Å². The van der Waals surface area contributed by atoms with Gasteiger partial charge < -0.3 is 10.2 Å². The van der Waals surface area contributed by atoms with E-state index in [-0.39, 0.29) is 0 Å². The second-order valence-electron chi connectivity index (χ2n) is 4.71. The van der Waals surface area contributed by atoms with Gasteiger partial charge in [-0.3, -0.25) is 4.98 Å². The lowest BCUT2D eigenvalue weighted by Crippen LogP contribution is -2.22. The molecule has 1 aliphatic rings. The molecule has 0 aromatic carbocycles. The van der Waals surface area contributed by atoms with Crippen LogP contribution in [0.25, 0.3) is 0 Å². The predicted molar refractivity (Wildman–Crippen MR) is 66.2 cm³/mol. The predicted octanol–water partition coefficient (Wildman–Crippen LogP) is 1.51. The van der Waals surface area contributed by atoms with E-state index in [1.807, 2.05) is 12.3 Å². The first-order chi connectivity index (χ1) is 7.84. The Balaban J connectivity index is 1.69. The monoisotopic (exact) mass is 219 g/mol. The van der Waals surface area contributed by atoms with Gasteiger partial charge in [-0.2, -0.15) is 0 Å². The molecule has 0 bridgehead atoms. The Kier molecular flexibility index (Phi) is 4.31. The fraction of sp³-hybridized carbons (Fsp3) is 0.615. The van der Waals surface area contributed by atoms with Gasteiger partial charge in [-0.25, -0.2) is 0 Å². The molecular weight excluding hydrogens is 198 g/mol. The summed E-state index contributed by atoms with van der Waals surface area (Å²) in [7, 11) is 2.18. The minimum Gasteiger partial charge on any atom is -0.316 e. The highest BCUT2D eigenvalue weighted by Gasteiger charge is 2.14. The van der Waals surface area contributed by atoms with E-state index in [2.05, 4.69) is 34.4 Å². The average Bonchev–Trinajstić information content (AvgIpc) is 2.81. The fourth-order valence-corrected chi connectivity index (χ4v) is 2.21. The summed E-state index contributed by atoms with van der Waals surface area (Å²) >= 11 is 0. The van der Waals surface area contributed by atoms with Gasteiger partial charge in [0.05, 0.1) is 5.69 Å². The quantitative estimate of drug-likeness (QED) is 0.813. The maximum atomic E-state index is 4.34. The van der Waals surface area contributed by atoms with E-state index in [4.69, 9.17) is 0 Å². The molecule has 2 rings (SSSR count). The van der Waals surface area contributed by atoms with Crippen molar-refractivity contribution in [3.8, 4) is 0 Å². The van der Waals surface area contributed by atoms with Crippen LogP contribution in [0.15, 0.2) is 24.4 Å². The van der Waals surface area contributed by atoms with E-state index in [0.29, 0.717) is 0 Å². The van der Waals surface area contributed by atoms with Crippen LogP contribution < -0.4 is 5.32 Å². The topological polar surface area (TPSA) is 28.2 Å². The van der Waals surface area contributed by atoms with Crippen LogP contribution in [0, 0.1) is 5.92 Å². The third-order valence-corrected chi connectivity index (χ3v) is 3.24. The number of hydrogen-bond donors (Lipinski definition) is 1. The van der Waals surface area contributed by atoms with E-state index in [1.165, 1.54) is 32.5 Å². The second kappa shape index (κ2) is 5.97. The molecule has 1 saturated heterocycles. The second-order valence-corrected chi connectivity index (χ2v) is 4.71. The van der Waals surface area contributed by atoms with Crippen LogP contribution in [-0.4, -0.2) is 36.6 Å². The molecule has 3 nitrogen and oxygen atoms in total. The molecule has 3 heteroatoms. The Labute approximate surface area is 97.9 Å². The summed E-state index contributed by atoms with van der Waals surface area (Å²) < 4.78 is 0. The summed E-state index contributed by atoms with van der Waals surface area (Å²) in [6.45, 7) is 4.54. The number of nitrogens with zero attached hydrogens (tertiary/aromatic N) is 2. The maximum absolute atomic E-state index is 4.34. The van der Waals surface area contributed by atoms with Crippen molar-refractivity contribution in [2.45, 2.75) is 19.4 Å². The van der Waals surface area contributed by atoms with Crippen molar-refractivity contribution in [1.29, 1.82) is 0 Å². The molecule has 1 atom stereocenters. The van der Waals surface area contributed by atoms with Crippen molar-refractivity contribution in [3.63, 3.8) is 0 Å². The van der Waals surface area contributed by atoms with Crippen LogP contribution in [0.5, 0.6) is 0 Å². The number of hydrogen-bond acceptors (Lipinski definition) is 3. The lowest BCUT2D eigenvalue weighted by molar-refractivity contribution is 0.295. The van der Waals surface area contributed by atoms with E-state index < -0.39 is 0 Å². The van der Waals surface area contributed by atoms with Crippen LogP contribution >= 0.6 is 0 Å². The maximum Gasteiger partial charge on any atom is 0.0543 e. The Morgan fingerprint density at radius 2 is 2.44 bits per heavy atom. The third kappa shape index (κ3) is 3.58. The number of aromatic nitrogens is 1. The van der Waals surface area contributed by atoms with Gasteiger partial charge in [0.15, 0.2) is 0 Å². The van der Waals surface area contributed by atoms with Gasteiger partial charge in [0.25, 0.3) is 0 Å². The molecule has 1 aromatic rings. The molecule has 0 saturated carbocycles. The molecule has 2 heterocycles. The van der Waals surface area contributed by atoms with Gasteiger partial charge in [0.1, 0.15) is 0 Å². The molecule has 0 aliphatic carbocycles. The Hall–Kier alpha value is -0.930. The number of pyridine rings is 1. The molecule has 0 radical (unpaired) electrons. The minimum absolute atomic E-state index is 0.881. The SMILES string of the molecule is CN(CCC1CCNC1)Cc1ccccn1. The highest BCUT2D eigenvalue weighted by Crippen LogP contribution is 2.12. The van der Waals surface area contributed by atoms with Crippen molar-refractivity contribution in [2.24, 2.45) is 5.92 Å². The highest BCUT2D eigenvalue weighted by atomic mass is 15.1. The zero-order valence-corrected chi connectivity index (χ0v) is 10.0. The van der Waals surface area contributed by atoms with E-state index in [0.717, 1.165) is 18.2 Å². The number of nitrogens with one attached hydrogen (secondary N) is 1. The molecule has 16 heavy (non-hydrogen) atoms. The molecule has 0 spiro atoms. The first kappa shape index (κ1) is 11.6. The first-order valence-corrected chi connectivity index (χ1v) is 6.14. The van der Waals surface area contributed by atoms with Crippen LogP contribution in [0.1, 0.15) is 18.5 Å². The lowest BCUT2D eigenvalue weighted by atomic mass is 10.1. The minimum atomic E-state index is 0.881. The summed E-state index contributed by atoms with van der Waals surface area (Å²) in [6, 6.07) is 6.11. The van der Waals surface area contributed by atoms with Crippen molar-refractivity contribution in [3.05, 3.63) is 30.1 Å². The molecular formula is C13H21N3. The fourth-order valence-electron chi connectivity index (χ4n) is 2.21. The molecule has 1 aliphatic heterocycles. The summed E-state index contributed by atoms with van der Waals surface area (Å²) in [5, 5.41) is 3.41. The molecule has 1 fully saturated rings. The van der Waals surface area contributed by atoms with Crippen molar-refractivity contribution < 1.29 is 0 Å². The molecule has 0 amide bonds. The lowest BCUT2D eigenvalue weighted by Gasteiger charge is -2.18. The van der Waals surface area contributed by atoms with E-state index in [9.17, 15) is 0 Å². The van der Waals surface area contributed by atoms with Gasteiger partial charge in [0, 0.05) is 12.7 Å². The van der Waals surface area contributed by atoms with Crippen LogP contribution in [-0.2, 0) is 6.54 Å². The molecule has 88 valence electrons. The largest absolute Gasteiger partial charge is 0.316 e.